The number of sulfonamides is 2. The third-order valence-electron chi connectivity index (χ3n) is 6.69. The number of nitrogens with zero attached hydrogens (tertiary/aromatic N) is 2. The van der Waals surface area contributed by atoms with Crippen LogP contribution in [-0.2, 0) is 37.9 Å². The zero-order valence-corrected chi connectivity index (χ0v) is 21.9. The van der Waals surface area contributed by atoms with Crippen molar-refractivity contribution in [2.45, 2.75) is 49.7 Å². The Morgan fingerprint density at radius 2 is 1.94 bits per heavy atom. The first-order valence-electron chi connectivity index (χ1n) is 11.5. The molecule has 3 aliphatic rings. The number of amides is 1. The predicted molar refractivity (Wildman–Crippen MR) is 137 cm³/mol. The molecule has 0 bridgehead atoms. The normalized spacial score (nSPS) is 23.5. The number of rotatable bonds is 6. The average Bonchev–Trinajstić information content (AvgIpc) is 3.25. The maximum atomic E-state index is 13.8. The van der Waals surface area contributed by atoms with Gasteiger partial charge in [-0.1, -0.05) is 43.2 Å². The van der Waals surface area contributed by atoms with Crippen LogP contribution >= 0.6 is 11.3 Å². The molecule has 1 fully saturated rings. The summed E-state index contributed by atoms with van der Waals surface area (Å²) in [4.78, 5) is 15.3. The first-order chi connectivity index (χ1) is 17.0. The molecule has 13 heteroatoms. The lowest BCUT2D eigenvalue weighted by atomic mass is 9.78. The molecule has 2 aliphatic heterocycles. The molecule has 2 atom stereocenters. The highest BCUT2D eigenvalue weighted by Gasteiger charge is 2.45. The average molecular weight is 551 g/mol. The Morgan fingerprint density at radius 1 is 1.22 bits per heavy atom. The quantitative estimate of drug-likeness (QED) is 0.501. The van der Waals surface area contributed by atoms with E-state index >= 15 is 0 Å². The van der Waals surface area contributed by atoms with Gasteiger partial charge in [0.2, 0.25) is 10.0 Å². The van der Waals surface area contributed by atoms with Crippen molar-refractivity contribution < 1.29 is 26.7 Å². The molecule has 1 aromatic heterocycles. The molecule has 1 aromatic carbocycles. The highest BCUT2D eigenvalue weighted by Crippen LogP contribution is 2.42. The second-order valence-electron chi connectivity index (χ2n) is 9.19. The van der Waals surface area contributed by atoms with Gasteiger partial charge in [-0.05, 0) is 23.8 Å². The first-order valence-corrected chi connectivity index (χ1v) is 15.7. The molecule has 3 N–H and O–H groups in total. The summed E-state index contributed by atoms with van der Waals surface area (Å²) in [6, 6.07) is 9.35. The van der Waals surface area contributed by atoms with Crippen molar-refractivity contribution in [2.75, 3.05) is 11.6 Å². The van der Waals surface area contributed by atoms with Crippen molar-refractivity contribution in [2.24, 2.45) is 10.3 Å². The van der Waals surface area contributed by atoms with Crippen LogP contribution in [0.2, 0.25) is 0 Å². The molecule has 1 amide bonds. The molecular weight excluding hydrogens is 524 g/mol. The Bertz CT molecular complexity index is 1480. The van der Waals surface area contributed by atoms with Gasteiger partial charge in [0.1, 0.15) is 21.2 Å². The van der Waals surface area contributed by atoms with Gasteiger partial charge in [0, 0.05) is 30.6 Å². The summed E-state index contributed by atoms with van der Waals surface area (Å²) in [5.74, 6) is -1.12. The number of amidine groups is 1. The standard InChI is InChI=1S/C23H26N4O6S3/c1-35(30,31)24-11-15-13-34-22-20(15)36(32,33)26-21(25-22)18-19(28)16-9-5-6-10-17(16)27(23(18)29)12-14-7-3-2-4-8-14/h2-4,7-8,13,16-17,24,28H,5-6,9-12H2,1H3,(H,25,26)/t16-,17+/m0/s1. The number of aliphatic hydroxyl groups excluding tert-OH is 1. The number of hydrogen-bond acceptors (Lipinski definition) is 8. The van der Waals surface area contributed by atoms with Crippen LogP contribution in [0.5, 0.6) is 0 Å². The highest BCUT2D eigenvalue weighted by atomic mass is 32.2. The molecule has 1 aliphatic carbocycles. The number of aliphatic hydroxyl groups is 1. The monoisotopic (exact) mass is 550 g/mol. The molecular formula is C23H26N4O6S3. The summed E-state index contributed by atoms with van der Waals surface area (Å²) < 4.78 is 55.5. The minimum Gasteiger partial charge on any atom is -0.511 e. The van der Waals surface area contributed by atoms with Gasteiger partial charge in [0.25, 0.3) is 15.9 Å². The van der Waals surface area contributed by atoms with E-state index in [2.05, 4.69) is 14.4 Å². The van der Waals surface area contributed by atoms with Crippen LogP contribution in [0, 0.1) is 5.92 Å². The van der Waals surface area contributed by atoms with Gasteiger partial charge < -0.3 is 15.3 Å². The maximum Gasteiger partial charge on any atom is 0.287 e. The fourth-order valence-corrected chi connectivity index (χ4v) is 8.10. The Kier molecular flexibility index (Phi) is 6.43. The van der Waals surface area contributed by atoms with Crippen LogP contribution in [-0.4, -0.2) is 50.9 Å². The van der Waals surface area contributed by atoms with Crippen molar-refractivity contribution >= 4 is 48.1 Å². The fraction of sp³-hybridized carbons (Fsp3) is 0.391. The lowest BCUT2D eigenvalue weighted by Crippen LogP contribution is -2.52. The molecule has 192 valence electrons. The Morgan fingerprint density at radius 3 is 2.67 bits per heavy atom. The van der Waals surface area contributed by atoms with Gasteiger partial charge in [0.15, 0.2) is 5.84 Å². The van der Waals surface area contributed by atoms with E-state index in [1.54, 1.807) is 4.90 Å². The number of thiophene rings is 1. The number of fused-ring (bicyclic) bond motifs is 2. The summed E-state index contributed by atoms with van der Waals surface area (Å²) in [6.45, 7) is 0.126. The zero-order valence-electron chi connectivity index (χ0n) is 19.5. The van der Waals surface area contributed by atoms with Crippen LogP contribution < -0.4 is 10.0 Å². The van der Waals surface area contributed by atoms with E-state index in [0.717, 1.165) is 42.4 Å². The molecule has 3 heterocycles. The number of carbonyl (C=O) groups excluding carboxylic acids is 1. The van der Waals surface area contributed by atoms with Gasteiger partial charge in [-0.25, -0.2) is 13.1 Å². The minimum atomic E-state index is -4.26. The van der Waals surface area contributed by atoms with Crippen molar-refractivity contribution in [3.05, 3.63) is 58.2 Å². The van der Waals surface area contributed by atoms with E-state index in [1.165, 1.54) is 5.38 Å². The number of nitrogens with one attached hydrogen (secondary N) is 2. The SMILES string of the molecule is CS(=O)(=O)NCc1csc2c1S(=O)(=O)N=C(C1=C(O)[C@H]3CCCC[C@H]3N(Cc3ccccc3)C1=O)N2. The molecule has 5 rings (SSSR count). The summed E-state index contributed by atoms with van der Waals surface area (Å²) in [5, 5.41) is 15.9. The summed E-state index contributed by atoms with van der Waals surface area (Å²) in [6.07, 6.45) is 4.27. The van der Waals surface area contributed by atoms with E-state index in [0.29, 0.717) is 13.0 Å². The summed E-state index contributed by atoms with van der Waals surface area (Å²) in [5.41, 5.74) is 1.06. The van der Waals surface area contributed by atoms with Crippen molar-refractivity contribution in [3.63, 3.8) is 0 Å². The van der Waals surface area contributed by atoms with Crippen LogP contribution in [0.3, 0.4) is 0 Å². The fourth-order valence-electron chi connectivity index (χ4n) is 5.07. The van der Waals surface area contributed by atoms with E-state index in [4.69, 9.17) is 0 Å². The number of anilines is 1. The first kappa shape index (κ1) is 24.9. The largest absolute Gasteiger partial charge is 0.511 e. The van der Waals surface area contributed by atoms with Crippen molar-refractivity contribution in [1.82, 2.24) is 9.62 Å². The summed E-state index contributed by atoms with van der Waals surface area (Å²) in [7, 11) is -7.80. The van der Waals surface area contributed by atoms with Crippen LogP contribution in [0.4, 0.5) is 5.00 Å². The lowest BCUT2D eigenvalue weighted by molar-refractivity contribution is -0.133. The lowest BCUT2D eigenvalue weighted by Gasteiger charge is -2.44. The zero-order chi connectivity index (χ0) is 25.7. The van der Waals surface area contributed by atoms with Gasteiger partial charge in [-0.2, -0.15) is 8.42 Å². The molecule has 36 heavy (non-hydrogen) atoms. The van der Waals surface area contributed by atoms with Gasteiger partial charge >= 0.3 is 0 Å². The van der Waals surface area contributed by atoms with E-state index in [9.17, 15) is 26.7 Å². The molecule has 0 radical (unpaired) electrons. The molecule has 10 nitrogen and oxygen atoms in total. The van der Waals surface area contributed by atoms with Crippen molar-refractivity contribution in [3.8, 4) is 0 Å². The van der Waals surface area contributed by atoms with E-state index < -0.39 is 26.0 Å². The Balaban J connectivity index is 1.53. The van der Waals surface area contributed by atoms with Crippen LogP contribution in [0.1, 0.15) is 36.8 Å². The molecule has 0 spiro atoms. The number of carbonyl (C=O) groups is 1. The second kappa shape index (κ2) is 9.29. The topological polar surface area (TPSA) is 145 Å². The third-order valence-corrected chi connectivity index (χ3v) is 9.83. The van der Waals surface area contributed by atoms with Crippen LogP contribution in [0.15, 0.2) is 56.3 Å². The third kappa shape index (κ3) is 4.67. The van der Waals surface area contributed by atoms with Gasteiger partial charge in [-0.3, -0.25) is 4.79 Å². The minimum absolute atomic E-state index is 0.130. The smallest absolute Gasteiger partial charge is 0.287 e. The van der Waals surface area contributed by atoms with Gasteiger partial charge in [-0.15, -0.1) is 15.7 Å². The Hall–Kier alpha value is -2.74. The van der Waals surface area contributed by atoms with E-state index in [1.807, 2.05) is 30.3 Å². The number of benzene rings is 1. The Labute approximate surface area is 213 Å². The molecule has 2 aromatic rings. The number of hydrogen-bond donors (Lipinski definition) is 3. The molecule has 0 unspecified atom stereocenters. The predicted octanol–water partition coefficient (Wildman–Crippen LogP) is 2.72. The molecule has 0 saturated heterocycles. The van der Waals surface area contributed by atoms with Crippen molar-refractivity contribution in [1.29, 1.82) is 0 Å². The summed E-state index contributed by atoms with van der Waals surface area (Å²) >= 11 is 1.07. The highest BCUT2D eigenvalue weighted by molar-refractivity contribution is 7.91. The van der Waals surface area contributed by atoms with Gasteiger partial charge in [0.05, 0.1) is 6.26 Å². The maximum absolute atomic E-state index is 13.8. The van der Waals surface area contributed by atoms with E-state index in [-0.39, 0.29) is 51.1 Å². The van der Waals surface area contributed by atoms with Crippen LogP contribution in [0.25, 0.3) is 0 Å². The second-order valence-corrected chi connectivity index (χ2v) is 13.4. The molecule has 1 saturated carbocycles.